The number of nitrogens with zero attached hydrogens (tertiary/aromatic N) is 3. The maximum Gasteiger partial charge on any atom is 0.278 e. The molecule has 2 aliphatic rings. The molecule has 3 heterocycles. The number of piperidine rings is 1. The molecule has 2 N–H and O–H groups in total. The average Bonchev–Trinajstić information content (AvgIpc) is 2.75. The average molecular weight is 414 g/mol. The van der Waals surface area contributed by atoms with Gasteiger partial charge < -0.3 is 15.3 Å². The molecule has 1 aromatic heterocycles. The number of pyridine rings is 1. The molecule has 2 aliphatic heterocycles. The van der Waals surface area contributed by atoms with E-state index in [9.17, 15) is 23.9 Å². The Morgan fingerprint density at radius 1 is 1.23 bits per heavy atom. The lowest BCUT2D eigenvalue weighted by Crippen LogP contribution is -2.63. The first-order valence-corrected chi connectivity index (χ1v) is 10.0. The number of aromatic hydroxyl groups is 1. The molecule has 9 heteroatoms. The topological polar surface area (TPSA) is 94.9 Å². The lowest BCUT2D eigenvalue weighted by atomic mass is 10.1. The van der Waals surface area contributed by atoms with Crippen LogP contribution in [0.3, 0.4) is 0 Å². The second-order valence-electron chi connectivity index (χ2n) is 7.45. The molecule has 0 radical (unpaired) electrons. The van der Waals surface area contributed by atoms with E-state index in [1.165, 1.54) is 35.1 Å². The molecule has 158 valence electrons. The van der Waals surface area contributed by atoms with E-state index in [0.29, 0.717) is 18.7 Å². The highest BCUT2D eigenvalue weighted by Crippen LogP contribution is 2.29. The maximum atomic E-state index is 13.0. The summed E-state index contributed by atoms with van der Waals surface area (Å²) in [4.78, 5) is 39.9. The molecule has 2 aromatic rings. The molecule has 1 atom stereocenters. The minimum absolute atomic E-state index is 0.0932. The highest BCUT2D eigenvalue weighted by molar-refractivity contribution is 5.99. The standard InChI is InChI=1S/C21H23FN4O4/c1-2-24-16-5-3-4-10-25(16)26-12-15(18(27)19(28)17(26)21(24)30)20(29)23-11-13-6-8-14(22)9-7-13/h6-9,12,16,28H,2-5,10-11H2,1H3,(H,23,29)/t16-/m0/s1. The number of benzene rings is 1. The molecular weight excluding hydrogens is 391 g/mol. The van der Waals surface area contributed by atoms with Crippen molar-refractivity contribution in [2.24, 2.45) is 0 Å². The Morgan fingerprint density at radius 3 is 2.67 bits per heavy atom. The van der Waals surface area contributed by atoms with Crippen LogP contribution in [0.2, 0.25) is 0 Å². The number of hydrogen-bond donors (Lipinski definition) is 2. The molecule has 8 nitrogen and oxygen atoms in total. The van der Waals surface area contributed by atoms with Gasteiger partial charge in [-0.25, -0.2) is 4.39 Å². The van der Waals surface area contributed by atoms with Crippen LogP contribution < -0.4 is 15.8 Å². The summed E-state index contributed by atoms with van der Waals surface area (Å²) in [6, 6.07) is 5.62. The van der Waals surface area contributed by atoms with Crippen molar-refractivity contribution in [2.45, 2.75) is 38.9 Å². The third-order valence-corrected chi connectivity index (χ3v) is 5.66. The van der Waals surface area contributed by atoms with Gasteiger partial charge in [-0.15, -0.1) is 0 Å². The second kappa shape index (κ2) is 7.81. The lowest BCUT2D eigenvalue weighted by molar-refractivity contribution is 0.0534. The van der Waals surface area contributed by atoms with Crippen molar-refractivity contribution in [1.82, 2.24) is 14.9 Å². The molecular formula is C21H23FN4O4. The minimum atomic E-state index is -0.891. The van der Waals surface area contributed by atoms with Crippen molar-refractivity contribution in [1.29, 1.82) is 0 Å². The second-order valence-corrected chi connectivity index (χ2v) is 7.45. The van der Waals surface area contributed by atoms with E-state index in [1.54, 1.807) is 4.90 Å². The number of carbonyl (C=O) groups excluding carboxylic acids is 2. The van der Waals surface area contributed by atoms with E-state index in [4.69, 9.17) is 0 Å². The highest BCUT2D eigenvalue weighted by atomic mass is 19.1. The van der Waals surface area contributed by atoms with Crippen LogP contribution in [-0.4, -0.2) is 45.8 Å². The predicted molar refractivity (Wildman–Crippen MR) is 107 cm³/mol. The summed E-state index contributed by atoms with van der Waals surface area (Å²) in [5, 5.41) is 15.1. The number of halogens is 1. The summed E-state index contributed by atoms with van der Waals surface area (Å²) < 4.78 is 14.5. The van der Waals surface area contributed by atoms with Crippen LogP contribution in [0.15, 0.2) is 35.3 Å². The number of nitrogens with one attached hydrogen (secondary N) is 1. The van der Waals surface area contributed by atoms with Gasteiger partial charge in [0.1, 0.15) is 17.5 Å². The van der Waals surface area contributed by atoms with Gasteiger partial charge in [0, 0.05) is 25.8 Å². The van der Waals surface area contributed by atoms with Gasteiger partial charge in [0.05, 0.1) is 0 Å². The molecule has 1 aromatic carbocycles. The Labute approximate surface area is 172 Å². The molecule has 30 heavy (non-hydrogen) atoms. The molecule has 0 saturated carbocycles. The van der Waals surface area contributed by atoms with Crippen molar-refractivity contribution in [3.05, 3.63) is 63.3 Å². The molecule has 1 saturated heterocycles. The molecule has 4 rings (SSSR count). The molecule has 0 bridgehead atoms. The number of carbonyl (C=O) groups is 2. The SMILES string of the molecule is CCN1C(=O)c2c(O)c(=O)c(C(=O)NCc3ccc(F)cc3)cn2N2CCCC[C@@H]12. The Kier molecular flexibility index (Phi) is 5.19. The Balaban J connectivity index is 1.68. The zero-order chi connectivity index (χ0) is 21.4. The summed E-state index contributed by atoms with van der Waals surface area (Å²) in [6.07, 6.45) is 3.80. The van der Waals surface area contributed by atoms with Crippen molar-refractivity contribution in [3.8, 4) is 5.75 Å². The van der Waals surface area contributed by atoms with E-state index in [1.807, 2.05) is 11.9 Å². The maximum absolute atomic E-state index is 13.0. The molecule has 0 spiro atoms. The van der Waals surface area contributed by atoms with E-state index >= 15 is 0 Å². The van der Waals surface area contributed by atoms with Crippen molar-refractivity contribution < 1.29 is 19.1 Å². The zero-order valence-electron chi connectivity index (χ0n) is 16.6. The van der Waals surface area contributed by atoms with Crippen LogP contribution in [0.25, 0.3) is 0 Å². The van der Waals surface area contributed by atoms with Gasteiger partial charge >= 0.3 is 0 Å². The third kappa shape index (κ3) is 3.30. The monoisotopic (exact) mass is 414 g/mol. The van der Waals surface area contributed by atoms with Crippen LogP contribution in [0.1, 0.15) is 52.6 Å². The Morgan fingerprint density at radius 2 is 1.97 bits per heavy atom. The molecule has 1 fully saturated rings. The largest absolute Gasteiger partial charge is 0.502 e. The number of fused-ring (bicyclic) bond motifs is 3. The van der Waals surface area contributed by atoms with Gasteiger partial charge in [-0.3, -0.25) is 24.1 Å². The molecule has 2 amide bonds. The smallest absolute Gasteiger partial charge is 0.278 e. The highest BCUT2D eigenvalue weighted by Gasteiger charge is 2.40. The molecule has 0 unspecified atom stereocenters. The zero-order valence-corrected chi connectivity index (χ0v) is 16.6. The van der Waals surface area contributed by atoms with Gasteiger partial charge in [0.25, 0.3) is 11.8 Å². The van der Waals surface area contributed by atoms with Gasteiger partial charge in [-0.1, -0.05) is 12.1 Å². The van der Waals surface area contributed by atoms with Gasteiger partial charge in [-0.05, 0) is 43.9 Å². The number of amides is 2. The summed E-state index contributed by atoms with van der Waals surface area (Å²) in [7, 11) is 0. The quantitative estimate of drug-likeness (QED) is 0.792. The Bertz CT molecular complexity index is 1050. The van der Waals surface area contributed by atoms with Crippen molar-refractivity contribution >= 4 is 11.8 Å². The van der Waals surface area contributed by atoms with Crippen molar-refractivity contribution in [3.63, 3.8) is 0 Å². The summed E-state index contributed by atoms with van der Waals surface area (Å²) >= 11 is 0. The van der Waals surface area contributed by atoms with E-state index in [0.717, 1.165) is 19.3 Å². The van der Waals surface area contributed by atoms with Gasteiger partial charge in [0.2, 0.25) is 5.43 Å². The number of rotatable bonds is 4. The van der Waals surface area contributed by atoms with Crippen LogP contribution in [0.5, 0.6) is 5.75 Å². The normalized spacial score (nSPS) is 18.1. The van der Waals surface area contributed by atoms with E-state index < -0.39 is 23.0 Å². The van der Waals surface area contributed by atoms with E-state index in [-0.39, 0.29) is 29.8 Å². The number of aromatic nitrogens is 1. The first kappa shape index (κ1) is 19.9. The third-order valence-electron chi connectivity index (χ3n) is 5.66. The van der Waals surface area contributed by atoms with Gasteiger partial charge in [-0.2, -0.15) is 0 Å². The van der Waals surface area contributed by atoms with Crippen LogP contribution in [0, 0.1) is 5.82 Å². The van der Waals surface area contributed by atoms with Crippen molar-refractivity contribution in [2.75, 3.05) is 18.1 Å². The Hall–Kier alpha value is -3.36. The first-order chi connectivity index (χ1) is 14.4. The van der Waals surface area contributed by atoms with Crippen LogP contribution >= 0.6 is 0 Å². The number of hydrogen-bond acceptors (Lipinski definition) is 5. The van der Waals surface area contributed by atoms with Crippen LogP contribution in [0.4, 0.5) is 4.39 Å². The summed E-state index contributed by atoms with van der Waals surface area (Å²) in [5.41, 5.74) is -0.592. The lowest BCUT2D eigenvalue weighted by Gasteiger charge is -2.48. The first-order valence-electron chi connectivity index (χ1n) is 10.0. The minimum Gasteiger partial charge on any atom is -0.502 e. The summed E-state index contributed by atoms with van der Waals surface area (Å²) in [6.45, 7) is 3.04. The van der Waals surface area contributed by atoms with Crippen LogP contribution in [-0.2, 0) is 6.54 Å². The van der Waals surface area contributed by atoms with E-state index in [2.05, 4.69) is 5.32 Å². The molecule has 0 aliphatic carbocycles. The summed E-state index contributed by atoms with van der Waals surface area (Å²) in [5.74, 6) is -2.20. The fourth-order valence-corrected chi connectivity index (χ4v) is 4.13. The van der Waals surface area contributed by atoms with Gasteiger partial charge in [0.15, 0.2) is 11.4 Å². The predicted octanol–water partition coefficient (Wildman–Crippen LogP) is 1.55. The fourth-order valence-electron chi connectivity index (χ4n) is 4.13. The fraction of sp³-hybridized carbons (Fsp3) is 0.381.